The fourth-order valence-corrected chi connectivity index (χ4v) is 4.30. The number of nitrogens with one attached hydrogen (secondary N) is 2. The van der Waals surface area contributed by atoms with Crippen LogP contribution in [0.4, 0.5) is 11.4 Å². The Labute approximate surface area is 223 Å². The standard InChI is InChI=1S/C27H23ClN8O2/c28-19-6-9-25(36-16-31-34-35-36)18(13-19)5-10-27(38)33-23-3-1-2-4-26(37)32-22-8-7-20(29)15-21(22)17-11-12-30-24(23)14-17/h1-2,5-16,23H,3-4,29H2,(H,32,37)(H,33,38)/b2-1+,10-5+/t23-/m0/s1. The van der Waals surface area contributed by atoms with Gasteiger partial charge >= 0.3 is 0 Å². The van der Waals surface area contributed by atoms with Crippen LogP contribution in [0.3, 0.4) is 0 Å². The normalized spacial score (nSPS) is 16.1. The Morgan fingerprint density at radius 2 is 2.05 bits per heavy atom. The number of aromatic nitrogens is 5. The van der Waals surface area contributed by atoms with Gasteiger partial charge in [-0.2, -0.15) is 4.68 Å². The van der Waals surface area contributed by atoms with Crippen LogP contribution in [0.5, 0.6) is 0 Å². The summed E-state index contributed by atoms with van der Waals surface area (Å²) >= 11 is 6.18. The van der Waals surface area contributed by atoms with Gasteiger partial charge in [0.25, 0.3) is 0 Å². The third kappa shape index (κ3) is 5.76. The number of hydrogen-bond donors (Lipinski definition) is 3. The molecule has 4 N–H and O–H groups in total. The van der Waals surface area contributed by atoms with Gasteiger partial charge in [-0.3, -0.25) is 14.6 Å². The lowest BCUT2D eigenvalue weighted by Gasteiger charge is -2.19. The highest BCUT2D eigenvalue weighted by atomic mass is 35.5. The lowest BCUT2D eigenvalue weighted by Crippen LogP contribution is -2.27. The van der Waals surface area contributed by atoms with Crippen LogP contribution in [0.15, 0.2) is 79.3 Å². The van der Waals surface area contributed by atoms with Gasteiger partial charge in [-0.1, -0.05) is 23.8 Å². The molecule has 3 heterocycles. The molecular formula is C27H23ClN8O2. The predicted molar refractivity (Wildman–Crippen MR) is 145 cm³/mol. The summed E-state index contributed by atoms with van der Waals surface area (Å²) < 4.78 is 1.49. The van der Waals surface area contributed by atoms with Crippen LogP contribution >= 0.6 is 11.6 Å². The van der Waals surface area contributed by atoms with Gasteiger partial charge in [0.1, 0.15) is 6.33 Å². The number of carbonyl (C=O) groups excluding carboxylic acids is 2. The summed E-state index contributed by atoms with van der Waals surface area (Å²) in [5.74, 6) is -0.474. The summed E-state index contributed by atoms with van der Waals surface area (Å²) in [5.41, 5.74) is 10.9. The largest absolute Gasteiger partial charge is 0.399 e. The van der Waals surface area contributed by atoms with Crippen molar-refractivity contribution in [1.82, 2.24) is 30.5 Å². The van der Waals surface area contributed by atoms with Gasteiger partial charge in [0.05, 0.1) is 17.4 Å². The van der Waals surface area contributed by atoms with Crippen molar-refractivity contribution >= 4 is 40.9 Å². The number of nitrogens with two attached hydrogens (primary N) is 1. The van der Waals surface area contributed by atoms with Crippen LogP contribution in [-0.2, 0) is 9.59 Å². The highest BCUT2D eigenvalue weighted by Crippen LogP contribution is 2.32. The highest BCUT2D eigenvalue weighted by molar-refractivity contribution is 6.30. The van der Waals surface area contributed by atoms with Crippen LogP contribution < -0.4 is 16.4 Å². The number of fused-ring (bicyclic) bond motifs is 4. The van der Waals surface area contributed by atoms with Crippen molar-refractivity contribution in [3.8, 4) is 16.8 Å². The molecule has 2 aromatic heterocycles. The maximum absolute atomic E-state index is 13.0. The third-order valence-corrected chi connectivity index (χ3v) is 6.16. The quantitative estimate of drug-likeness (QED) is 0.206. The number of halogens is 1. The molecule has 10 nitrogen and oxygen atoms in total. The number of rotatable bonds is 4. The van der Waals surface area contributed by atoms with Crippen LogP contribution in [0.25, 0.3) is 22.9 Å². The maximum Gasteiger partial charge on any atom is 0.244 e. The van der Waals surface area contributed by atoms with E-state index in [-0.39, 0.29) is 18.2 Å². The number of pyridine rings is 1. The molecule has 1 aliphatic heterocycles. The summed E-state index contributed by atoms with van der Waals surface area (Å²) in [6.07, 6.45) is 10.5. The average Bonchev–Trinajstić information content (AvgIpc) is 3.45. The minimum absolute atomic E-state index is 0.148. The van der Waals surface area contributed by atoms with Crippen molar-refractivity contribution in [2.24, 2.45) is 0 Å². The molecule has 190 valence electrons. The number of amides is 2. The second-order valence-electron chi connectivity index (χ2n) is 8.59. The molecule has 1 atom stereocenters. The predicted octanol–water partition coefficient (Wildman–Crippen LogP) is 4.12. The molecule has 2 aromatic carbocycles. The van der Waals surface area contributed by atoms with E-state index in [0.717, 1.165) is 11.1 Å². The number of nitrogens with zero attached hydrogens (tertiary/aromatic N) is 5. The minimum Gasteiger partial charge on any atom is -0.399 e. The van der Waals surface area contributed by atoms with E-state index in [1.165, 1.54) is 17.1 Å². The number of anilines is 2. The summed E-state index contributed by atoms with van der Waals surface area (Å²) in [5, 5.41) is 17.7. The molecule has 0 aliphatic carbocycles. The molecule has 2 amide bonds. The Hall–Kier alpha value is -4.83. The van der Waals surface area contributed by atoms with Gasteiger partial charge in [-0.25, -0.2) is 0 Å². The molecule has 1 aliphatic rings. The second-order valence-corrected chi connectivity index (χ2v) is 9.02. The van der Waals surface area contributed by atoms with Gasteiger partial charge < -0.3 is 16.4 Å². The molecule has 38 heavy (non-hydrogen) atoms. The first-order valence-corrected chi connectivity index (χ1v) is 12.2. The van der Waals surface area contributed by atoms with Crippen molar-refractivity contribution in [2.45, 2.75) is 18.9 Å². The van der Waals surface area contributed by atoms with Crippen molar-refractivity contribution in [2.75, 3.05) is 11.1 Å². The molecule has 0 saturated carbocycles. The lowest BCUT2D eigenvalue weighted by atomic mass is 9.99. The number of hydrogen-bond acceptors (Lipinski definition) is 7. The zero-order chi connectivity index (χ0) is 26.5. The van der Waals surface area contributed by atoms with Gasteiger partial charge in [-0.05, 0) is 77.0 Å². The van der Waals surface area contributed by atoms with Crippen LogP contribution in [0.1, 0.15) is 30.1 Å². The summed E-state index contributed by atoms with van der Waals surface area (Å²) in [4.78, 5) is 30.0. The molecule has 0 unspecified atom stereocenters. The lowest BCUT2D eigenvalue weighted by molar-refractivity contribution is -0.117. The van der Waals surface area contributed by atoms with Crippen LogP contribution in [-0.4, -0.2) is 37.0 Å². The van der Waals surface area contributed by atoms with E-state index in [4.69, 9.17) is 17.3 Å². The fraction of sp³-hybridized carbons (Fsp3) is 0.111. The SMILES string of the molecule is Nc1ccc2c(c1)-c1ccnc(c1)[C@@H](NC(=O)/C=C/c1cc(Cl)ccc1-n1cnnn1)C/C=C/CC(=O)N2. The second kappa shape index (κ2) is 11.1. The fourth-order valence-electron chi connectivity index (χ4n) is 4.12. The van der Waals surface area contributed by atoms with Crippen LogP contribution in [0.2, 0.25) is 5.02 Å². The first-order chi connectivity index (χ1) is 18.5. The maximum atomic E-state index is 13.0. The Morgan fingerprint density at radius 1 is 1.16 bits per heavy atom. The first kappa shape index (κ1) is 24.8. The number of benzene rings is 2. The minimum atomic E-state index is -0.436. The highest BCUT2D eigenvalue weighted by Gasteiger charge is 2.17. The number of carbonyl (C=O) groups is 2. The number of nitrogen functional groups attached to an aromatic ring is 1. The zero-order valence-electron chi connectivity index (χ0n) is 20.1. The summed E-state index contributed by atoms with van der Waals surface area (Å²) in [6.45, 7) is 0. The van der Waals surface area contributed by atoms with Crippen molar-refractivity contribution in [3.05, 3.63) is 95.6 Å². The van der Waals surface area contributed by atoms with Gasteiger partial charge in [0, 0.05) is 46.2 Å². The Bertz CT molecular complexity index is 1550. The molecule has 2 bridgehead atoms. The van der Waals surface area contributed by atoms with Crippen molar-refractivity contribution < 1.29 is 9.59 Å². The monoisotopic (exact) mass is 526 g/mol. The van der Waals surface area contributed by atoms with Gasteiger partial charge in [0.2, 0.25) is 11.8 Å². The molecule has 0 spiro atoms. The number of tetrazole rings is 1. The molecule has 0 fully saturated rings. The van der Waals surface area contributed by atoms with E-state index < -0.39 is 6.04 Å². The average molecular weight is 527 g/mol. The topological polar surface area (TPSA) is 141 Å². The van der Waals surface area contributed by atoms with E-state index >= 15 is 0 Å². The third-order valence-electron chi connectivity index (χ3n) is 5.92. The summed E-state index contributed by atoms with van der Waals surface area (Å²) in [6, 6.07) is 13.8. The Balaban J connectivity index is 1.44. The zero-order valence-corrected chi connectivity index (χ0v) is 20.8. The molecule has 0 saturated heterocycles. The molecule has 0 radical (unpaired) electrons. The van der Waals surface area contributed by atoms with E-state index in [1.807, 2.05) is 18.2 Å². The summed E-state index contributed by atoms with van der Waals surface area (Å²) in [7, 11) is 0. The van der Waals surface area contributed by atoms with Crippen LogP contribution in [0, 0.1) is 0 Å². The van der Waals surface area contributed by atoms with Crippen molar-refractivity contribution in [3.63, 3.8) is 0 Å². The first-order valence-electron chi connectivity index (χ1n) is 11.8. The van der Waals surface area contributed by atoms with E-state index in [0.29, 0.717) is 39.8 Å². The van der Waals surface area contributed by atoms with E-state index in [9.17, 15) is 9.59 Å². The van der Waals surface area contributed by atoms with E-state index in [1.54, 1.807) is 54.7 Å². The Kier molecular flexibility index (Phi) is 7.23. The molecule has 4 aromatic rings. The molecular weight excluding hydrogens is 504 g/mol. The molecule has 5 rings (SSSR count). The Morgan fingerprint density at radius 3 is 2.89 bits per heavy atom. The molecule has 11 heteroatoms. The van der Waals surface area contributed by atoms with E-state index in [2.05, 4.69) is 31.1 Å². The van der Waals surface area contributed by atoms with Gasteiger partial charge in [-0.15, -0.1) is 5.10 Å². The smallest absolute Gasteiger partial charge is 0.244 e. The van der Waals surface area contributed by atoms with Gasteiger partial charge in [0.15, 0.2) is 0 Å². The van der Waals surface area contributed by atoms with Crippen molar-refractivity contribution in [1.29, 1.82) is 0 Å².